The van der Waals surface area contributed by atoms with Crippen LogP contribution in [0.4, 0.5) is 18.9 Å². The summed E-state index contributed by atoms with van der Waals surface area (Å²) in [6.07, 6.45) is -4.05. The lowest BCUT2D eigenvalue weighted by Gasteiger charge is -2.36. The number of aromatic nitrogens is 1. The van der Waals surface area contributed by atoms with Crippen LogP contribution in [-0.4, -0.2) is 52.4 Å². The van der Waals surface area contributed by atoms with Gasteiger partial charge in [-0.05, 0) is 42.2 Å². The second-order valence-electron chi connectivity index (χ2n) is 10.3. The Labute approximate surface area is 250 Å². The highest BCUT2D eigenvalue weighted by molar-refractivity contribution is 7.99. The number of halogens is 3. The van der Waals surface area contributed by atoms with Gasteiger partial charge in [-0.1, -0.05) is 48.2 Å². The smallest absolute Gasteiger partial charge is 0.471 e. The summed E-state index contributed by atoms with van der Waals surface area (Å²) < 4.78 is 52.3. The molecular weight excluding hydrogens is 587 g/mol. The van der Waals surface area contributed by atoms with Crippen LogP contribution in [0, 0.1) is 5.21 Å². The summed E-state index contributed by atoms with van der Waals surface area (Å²) in [5.74, 6) is -2.22. The molecule has 0 saturated carbocycles. The lowest BCUT2D eigenvalue weighted by atomic mass is 10.0. The van der Waals surface area contributed by atoms with Gasteiger partial charge in [-0.2, -0.15) is 17.9 Å². The van der Waals surface area contributed by atoms with Gasteiger partial charge in [0.15, 0.2) is 12.5 Å². The number of benzene rings is 2. The first-order chi connectivity index (χ1) is 20.6. The Morgan fingerprint density at radius 3 is 2.44 bits per heavy atom. The maximum absolute atomic E-state index is 13.0. The maximum atomic E-state index is 13.0. The number of thioether (sulfide) groups is 1. The van der Waals surface area contributed by atoms with E-state index in [9.17, 15) is 33.1 Å². The van der Waals surface area contributed by atoms with E-state index in [0.717, 1.165) is 15.9 Å². The molecule has 2 fully saturated rings. The average molecular weight is 618 g/mol. The van der Waals surface area contributed by atoms with Crippen LogP contribution in [-0.2, 0) is 25.7 Å². The molecule has 9 nitrogen and oxygen atoms in total. The van der Waals surface area contributed by atoms with Crippen LogP contribution in [0.25, 0.3) is 0 Å². The number of nitrogens with zero attached hydrogens (tertiary/aromatic N) is 2. The monoisotopic (exact) mass is 617 g/mol. The minimum absolute atomic E-state index is 0.0800. The van der Waals surface area contributed by atoms with E-state index in [1.54, 1.807) is 42.5 Å². The number of pyridine rings is 1. The number of alkyl halides is 3. The molecule has 3 aromatic rings. The molecule has 4 atom stereocenters. The number of likely N-dealkylation sites (tertiary alicyclic amines) is 1. The van der Waals surface area contributed by atoms with Crippen molar-refractivity contribution >= 4 is 29.3 Å². The van der Waals surface area contributed by atoms with E-state index in [2.05, 4.69) is 5.32 Å². The molecule has 2 saturated heterocycles. The van der Waals surface area contributed by atoms with Crippen molar-refractivity contribution in [2.24, 2.45) is 0 Å². The fraction of sp³-hybridized carbons (Fsp3) is 0.367. The first-order valence-electron chi connectivity index (χ1n) is 13.7. The normalized spacial score (nSPS) is 22.4. The van der Waals surface area contributed by atoms with Crippen molar-refractivity contribution in [2.75, 3.05) is 17.6 Å². The first kappa shape index (κ1) is 30.8. The van der Waals surface area contributed by atoms with E-state index in [1.807, 2.05) is 24.3 Å². The third kappa shape index (κ3) is 7.47. The average Bonchev–Trinajstić information content (AvgIpc) is 3.50. The molecule has 0 aliphatic carbocycles. The first-order valence-corrected chi connectivity index (χ1v) is 14.7. The number of aliphatic hydroxyl groups is 1. The van der Waals surface area contributed by atoms with Crippen LogP contribution in [0.5, 0.6) is 0 Å². The summed E-state index contributed by atoms with van der Waals surface area (Å²) in [6, 6.07) is 18.0. The largest absolute Gasteiger partial charge is 0.618 e. The summed E-state index contributed by atoms with van der Waals surface area (Å²) in [7, 11) is 0. The molecule has 1 aromatic heterocycles. The van der Waals surface area contributed by atoms with Gasteiger partial charge < -0.3 is 30.0 Å². The zero-order valence-corrected chi connectivity index (χ0v) is 23.7. The third-order valence-electron chi connectivity index (χ3n) is 7.33. The Kier molecular flexibility index (Phi) is 9.55. The molecule has 4 unspecified atom stereocenters. The van der Waals surface area contributed by atoms with Gasteiger partial charge >= 0.3 is 12.1 Å². The molecule has 2 aliphatic heterocycles. The Bertz CT molecular complexity index is 1420. The van der Waals surface area contributed by atoms with E-state index in [-0.39, 0.29) is 31.8 Å². The van der Waals surface area contributed by atoms with Gasteiger partial charge in [-0.25, -0.2) is 0 Å². The molecule has 0 spiro atoms. The van der Waals surface area contributed by atoms with Gasteiger partial charge in [0, 0.05) is 42.1 Å². The number of carbonyl (C=O) groups is 2. The van der Waals surface area contributed by atoms with Crippen LogP contribution in [0.1, 0.15) is 48.3 Å². The minimum atomic E-state index is -5.04. The van der Waals surface area contributed by atoms with Gasteiger partial charge in [-0.3, -0.25) is 9.59 Å². The van der Waals surface area contributed by atoms with Crippen molar-refractivity contribution in [1.29, 1.82) is 0 Å². The van der Waals surface area contributed by atoms with Crippen LogP contribution in [0.15, 0.2) is 78.0 Å². The van der Waals surface area contributed by atoms with Crippen LogP contribution in [0.2, 0.25) is 0 Å². The zero-order valence-electron chi connectivity index (χ0n) is 22.9. The van der Waals surface area contributed by atoms with E-state index >= 15 is 0 Å². The molecule has 2 aromatic carbocycles. The molecule has 2 aliphatic rings. The molecule has 0 bridgehead atoms. The molecule has 3 heterocycles. The fourth-order valence-corrected chi connectivity index (χ4v) is 6.05. The summed E-state index contributed by atoms with van der Waals surface area (Å²) in [5.41, 5.74) is 2.67. The molecule has 13 heteroatoms. The van der Waals surface area contributed by atoms with Gasteiger partial charge in [0.05, 0.1) is 18.8 Å². The number of amides is 2. The highest BCUT2D eigenvalue weighted by atomic mass is 32.2. The summed E-state index contributed by atoms with van der Waals surface area (Å²) in [5, 5.41) is 24.7. The highest BCUT2D eigenvalue weighted by Gasteiger charge is 2.47. The zero-order chi connectivity index (χ0) is 30.6. The molecule has 0 radical (unpaired) electrons. The number of ether oxygens (including phenoxy) is 2. The summed E-state index contributed by atoms with van der Waals surface area (Å²) >= 11 is 1.37. The van der Waals surface area contributed by atoms with Gasteiger partial charge in [-0.15, -0.1) is 0 Å². The molecule has 5 rings (SSSR count). The lowest BCUT2D eigenvalue weighted by molar-refractivity contribution is -0.645. The Balaban J connectivity index is 1.28. The SMILES string of the molecule is O=C(Nc1ccc(C2OC(CSc3cccc[n+]3[O-])CC(c3ccc(CO)cc3)O2)cc1)C1CCCN1C(=O)C(F)(F)F. The fourth-order valence-electron chi connectivity index (χ4n) is 5.12. The number of hydrogen-bond acceptors (Lipinski definition) is 7. The maximum Gasteiger partial charge on any atom is 0.471 e. The number of aliphatic hydroxyl groups excluding tert-OH is 1. The van der Waals surface area contributed by atoms with Crippen LogP contribution >= 0.6 is 11.8 Å². The molecule has 43 heavy (non-hydrogen) atoms. The van der Waals surface area contributed by atoms with E-state index in [1.165, 1.54) is 18.0 Å². The van der Waals surface area contributed by atoms with Crippen LogP contribution < -0.4 is 10.0 Å². The number of anilines is 1. The Hall–Kier alpha value is -3.65. The number of nitrogens with one attached hydrogen (secondary N) is 1. The number of hydrogen-bond donors (Lipinski definition) is 2. The second kappa shape index (κ2) is 13.3. The van der Waals surface area contributed by atoms with Crippen molar-refractivity contribution in [3.8, 4) is 0 Å². The topological polar surface area (TPSA) is 115 Å². The van der Waals surface area contributed by atoms with Crippen molar-refractivity contribution in [3.05, 3.63) is 94.8 Å². The quantitative estimate of drug-likeness (QED) is 0.215. The standard InChI is InChI=1S/C30H30F3N3O6S/c31-30(32,33)29(39)35-14-3-4-24(35)27(38)34-22-12-10-21(11-13-22)28-41-23(18-43-26-5-1-2-15-36(26)40)16-25(42-28)20-8-6-19(17-37)7-9-20/h1-2,5-13,15,23-25,28,37H,3-4,14,16-18H2,(H,34,38). The predicted octanol–water partition coefficient (Wildman–Crippen LogP) is 4.64. The molecule has 2 amide bonds. The van der Waals surface area contributed by atoms with E-state index in [4.69, 9.17) is 9.47 Å². The van der Waals surface area contributed by atoms with Gasteiger partial charge in [0.25, 0.3) is 5.03 Å². The van der Waals surface area contributed by atoms with Gasteiger partial charge in [0.2, 0.25) is 5.91 Å². The number of rotatable bonds is 8. The molecular formula is C30H30F3N3O6S. The number of carbonyl (C=O) groups excluding carboxylic acids is 2. The Morgan fingerprint density at radius 1 is 1.05 bits per heavy atom. The van der Waals surface area contributed by atoms with Crippen molar-refractivity contribution in [2.45, 2.75) is 61.6 Å². The van der Waals surface area contributed by atoms with Gasteiger partial charge in [0.1, 0.15) is 6.04 Å². The second-order valence-corrected chi connectivity index (χ2v) is 11.3. The summed E-state index contributed by atoms with van der Waals surface area (Å²) in [4.78, 5) is 25.1. The summed E-state index contributed by atoms with van der Waals surface area (Å²) in [6.45, 7) is -0.211. The van der Waals surface area contributed by atoms with E-state index < -0.39 is 30.3 Å². The highest BCUT2D eigenvalue weighted by Crippen LogP contribution is 2.39. The Morgan fingerprint density at radius 2 is 1.77 bits per heavy atom. The van der Waals surface area contributed by atoms with Crippen LogP contribution in [0.3, 0.4) is 0 Å². The lowest BCUT2D eigenvalue weighted by Crippen LogP contribution is -2.48. The third-order valence-corrected chi connectivity index (χ3v) is 8.48. The minimum Gasteiger partial charge on any atom is -0.618 e. The van der Waals surface area contributed by atoms with Crippen molar-refractivity contribution in [1.82, 2.24) is 4.90 Å². The van der Waals surface area contributed by atoms with E-state index in [0.29, 0.717) is 39.8 Å². The predicted molar refractivity (Wildman–Crippen MR) is 150 cm³/mol. The van der Waals surface area contributed by atoms with Crippen molar-refractivity contribution < 1.29 is 42.1 Å². The molecule has 2 N–H and O–H groups in total. The molecule has 228 valence electrons. The van der Waals surface area contributed by atoms with Crippen molar-refractivity contribution in [3.63, 3.8) is 0 Å².